The summed E-state index contributed by atoms with van der Waals surface area (Å²) < 4.78 is 25.7. The molecule has 1 saturated carbocycles. The van der Waals surface area contributed by atoms with Crippen LogP contribution in [0.25, 0.3) is 22.2 Å². The lowest BCUT2D eigenvalue weighted by Crippen LogP contribution is -2.32. The standard InChI is InChI=1S/C31H27N3O3S/c1-21-17-18-32-30-27(21)19-29(24-15-16-24)33(30)20-22-11-13-23(14-12-22)26-9-5-6-10-28(26)34(38(36)37)31(35)25-7-3-2-4-8-25/h2-14,17-19,24H,15-16,20H2,1H3,(H,36,37). The van der Waals surface area contributed by atoms with Crippen LogP contribution in [0.4, 0.5) is 5.69 Å². The third kappa shape index (κ3) is 4.55. The fraction of sp³-hybridized carbons (Fsp3) is 0.161. The molecule has 0 aliphatic heterocycles. The molecule has 1 aliphatic rings. The molecule has 2 heterocycles. The molecule has 0 bridgehead atoms. The summed E-state index contributed by atoms with van der Waals surface area (Å²) in [5.41, 5.74) is 7.01. The van der Waals surface area contributed by atoms with Crippen molar-refractivity contribution in [2.75, 3.05) is 4.31 Å². The summed E-state index contributed by atoms with van der Waals surface area (Å²) in [6, 6.07) is 28.2. The maximum Gasteiger partial charge on any atom is 0.272 e. The van der Waals surface area contributed by atoms with E-state index in [4.69, 9.17) is 4.98 Å². The summed E-state index contributed by atoms with van der Waals surface area (Å²) in [4.78, 5) is 17.9. The van der Waals surface area contributed by atoms with E-state index in [2.05, 4.69) is 35.8 Å². The summed E-state index contributed by atoms with van der Waals surface area (Å²) in [5, 5.41) is 1.21. The third-order valence-corrected chi connectivity index (χ3v) is 7.81. The van der Waals surface area contributed by atoms with Gasteiger partial charge in [-0.3, -0.25) is 9.35 Å². The number of rotatable bonds is 7. The first kappa shape index (κ1) is 24.3. The van der Waals surface area contributed by atoms with Crippen LogP contribution in [0.2, 0.25) is 0 Å². The minimum atomic E-state index is -2.54. The van der Waals surface area contributed by atoms with Gasteiger partial charge in [0.2, 0.25) is 0 Å². The highest BCUT2D eigenvalue weighted by Crippen LogP contribution is 2.42. The zero-order chi connectivity index (χ0) is 26.2. The molecule has 5 aromatic rings. The van der Waals surface area contributed by atoms with E-state index in [0.717, 1.165) is 21.1 Å². The number of para-hydroxylation sites is 1. The molecule has 6 rings (SSSR count). The molecule has 1 unspecified atom stereocenters. The van der Waals surface area contributed by atoms with E-state index in [0.29, 0.717) is 29.3 Å². The molecule has 1 atom stereocenters. The number of benzene rings is 3. The zero-order valence-electron chi connectivity index (χ0n) is 20.9. The lowest BCUT2D eigenvalue weighted by atomic mass is 10.0. The Morgan fingerprint density at radius 1 is 1.00 bits per heavy atom. The molecule has 0 saturated heterocycles. The van der Waals surface area contributed by atoms with Gasteiger partial charge in [-0.25, -0.2) is 13.5 Å². The second kappa shape index (κ2) is 10.0. The number of hydrogen-bond acceptors (Lipinski definition) is 3. The van der Waals surface area contributed by atoms with Crippen molar-refractivity contribution in [3.05, 3.63) is 120 Å². The first-order valence-electron chi connectivity index (χ1n) is 12.6. The van der Waals surface area contributed by atoms with Crippen LogP contribution < -0.4 is 4.31 Å². The maximum atomic E-state index is 13.2. The van der Waals surface area contributed by atoms with Crippen LogP contribution in [0, 0.1) is 6.92 Å². The Balaban J connectivity index is 1.34. The topological polar surface area (TPSA) is 75.4 Å². The van der Waals surface area contributed by atoms with Gasteiger partial charge in [0.1, 0.15) is 5.65 Å². The van der Waals surface area contributed by atoms with Crippen LogP contribution in [0.1, 0.15) is 45.9 Å². The highest BCUT2D eigenvalue weighted by Gasteiger charge is 2.29. The van der Waals surface area contributed by atoms with Crippen LogP contribution in [0.15, 0.2) is 97.2 Å². The lowest BCUT2D eigenvalue weighted by Gasteiger charge is -2.21. The van der Waals surface area contributed by atoms with Gasteiger partial charge in [-0.2, -0.15) is 0 Å². The normalized spacial score (nSPS) is 13.9. The molecule has 0 radical (unpaired) electrons. The number of aromatic nitrogens is 2. The predicted octanol–water partition coefficient (Wildman–Crippen LogP) is 6.72. The average Bonchev–Trinajstić information content (AvgIpc) is 3.72. The number of pyridine rings is 1. The third-order valence-electron chi connectivity index (χ3n) is 7.13. The van der Waals surface area contributed by atoms with Gasteiger partial charge in [-0.05, 0) is 72.7 Å². The van der Waals surface area contributed by atoms with E-state index in [-0.39, 0.29) is 0 Å². The minimum Gasteiger partial charge on any atom is -0.325 e. The van der Waals surface area contributed by atoms with Crippen LogP contribution in [0.3, 0.4) is 0 Å². The fourth-order valence-corrected chi connectivity index (χ4v) is 5.58. The molecular formula is C31H27N3O3S. The van der Waals surface area contributed by atoms with Gasteiger partial charge >= 0.3 is 0 Å². The molecule has 1 N–H and O–H groups in total. The number of carbonyl (C=O) groups excluding carboxylic acids is 1. The SMILES string of the molecule is Cc1ccnc2c1cc(C1CC1)n2Cc1ccc(-c2ccccc2N(C(=O)c2ccccc2)S(=O)O)cc1. The van der Waals surface area contributed by atoms with E-state index in [1.165, 1.54) is 29.5 Å². The highest BCUT2D eigenvalue weighted by atomic mass is 32.2. The lowest BCUT2D eigenvalue weighted by molar-refractivity contribution is 0.100. The zero-order valence-corrected chi connectivity index (χ0v) is 21.8. The number of anilines is 1. The number of aryl methyl sites for hydroxylation is 1. The summed E-state index contributed by atoms with van der Waals surface area (Å²) >= 11 is -2.54. The minimum absolute atomic E-state index is 0.342. The number of hydrogen-bond donors (Lipinski definition) is 1. The molecular weight excluding hydrogens is 494 g/mol. The molecule has 6 nitrogen and oxygen atoms in total. The Kier molecular flexibility index (Phi) is 6.39. The second-order valence-corrected chi connectivity index (χ2v) is 10.5. The predicted molar refractivity (Wildman–Crippen MR) is 151 cm³/mol. The number of fused-ring (bicyclic) bond motifs is 1. The van der Waals surface area contributed by atoms with Crippen molar-refractivity contribution in [1.82, 2.24) is 9.55 Å². The Labute approximate surface area is 224 Å². The van der Waals surface area contributed by atoms with E-state index < -0.39 is 17.2 Å². The van der Waals surface area contributed by atoms with Gasteiger partial charge in [-0.15, -0.1) is 0 Å². The Hall–Kier alpha value is -4.07. The fourth-order valence-electron chi connectivity index (χ4n) is 5.01. The van der Waals surface area contributed by atoms with Crippen molar-refractivity contribution in [3.63, 3.8) is 0 Å². The summed E-state index contributed by atoms with van der Waals surface area (Å²) in [5.74, 6) is 0.0626. The van der Waals surface area contributed by atoms with Crippen LogP contribution in [-0.2, 0) is 17.8 Å². The monoisotopic (exact) mass is 521 g/mol. The van der Waals surface area contributed by atoms with Crippen molar-refractivity contribution < 1.29 is 13.6 Å². The molecule has 1 aliphatic carbocycles. The molecule has 3 aromatic carbocycles. The Bertz CT molecular complexity index is 1660. The second-order valence-electron chi connectivity index (χ2n) is 9.71. The van der Waals surface area contributed by atoms with E-state index in [9.17, 15) is 13.6 Å². The van der Waals surface area contributed by atoms with E-state index in [1.807, 2.05) is 30.5 Å². The number of nitrogens with zero attached hydrogens (tertiary/aromatic N) is 3. The van der Waals surface area contributed by atoms with Crippen molar-refractivity contribution in [2.45, 2.75) is 32.2 Å². The summed E-state index contributed by atoms with van der Waals surface area (Å²) in [7, 11) is 0. The van der Waals surface area contributed by atoms with Gasteiger partial charge in [0, 0.05) is 34.9 Å². The Morgan fingerprint density at radius 2 is 1.71 bits per heavy atom. The molecule has 1 amide bonds. The first-order valence-corrected chi connectivity index (χ1v) is 13.7. The van der Waals surface area contributed by atoms with E-state index in [1.54, 1.807) is 42.5 Å². The largest absolute Gasteiger partial charge is 0.325 e. The Morgan fingerprint density at radius 3 is 2.42 bits per heavy atom. The van der Waals surface area contributed by atoms with Crippen LogP contribution >= 0.6 is 0 Å². The smallest absolute Gasteiger partial charge is 0.272 e. The molecule has 38 heavy (non-hydrogen) atoms. The average molecular weight is 522 g/mol. The first-order chi connectivity index (χ1) is 18.5. The van der Waals surface area contributed by atoms with Crippen LogP contribution in [0.5, 0.6) is 0 Å². The maximum absolute atomic E-state index is 13.2. The van der Waals surface area contributed by atoms with Gasteiger partial charge in [0.25, 0.3) is 17.2 Å². The van der Waals surface area contributed by atoms with E-state index >= 15 is 0 Å². The van der Waals surface area contributed by atoms with Gasteiger partial charge in [0.05, 0.1) is 5.69 Å². The van der Waals surface area contributed by atoms with Gasteiger partial charge in [-0.1, -0.05) is 60.7 Å². The van der Waals surface area contributed by atoms with Crippen molar-refractivity contribution in [1.29, 1.82) is 0 Å². The van der Waals surface area contributed by atoms with Gasteiger partial charge in [0.15, 0.2) is 0 Å². The van der Waals surface area contributed by atoms with Gasteiger partial charge < -0.3 is 4.57 Å². The number of carbonyl (C=O) groups is 1. The van der Waals surface area contributed by atoms with Crippen molar-refractivity contribution in [3.8, 4) is 11.1 Å². The van der Waals surface area contributed by atoms with Crippen molar-refractivity contribution >= 4 is 33.9 Å². The summed E-state index contributed by atoms with van der Waals surface area (Å²) in [6.07, 6.45) is 4.31. The van der Waals surface area contributed by atoms with Crippen molar-refractivity contribution in [2.24, 2.45) is 0 Å². The molecule has 7 heteroatoms. The summed E-state index contributed by atoms with van der Waals surface area (Å²) in [6.45, 7) is 2.84. The number of amides is 1. The quantitative estimate of drug-likeness (QED) is 0.241. The van der Waals surface area contributed by atoms with Crippen LogP contribution in [-0.4, -0.2) is 24.2 Å². The molecule has 0 spiro atoms. The molecule has 2 aromatic heterocycles. The highest BCUT2D eigenvalue weighted by molar-refractivity contribution is 7.81. The molecule has 190 valence electrons. The molecule has 1 fully saturated rings.